The first-order chi connectivity index (χ1) is 15.8. The maximum absolute atomic E-state index is 13.4. The number of hydrogen-bond donors (Lipinski definition) is 0. The van der Waals surface area contributed by atoms with E-state index in [1.807, 2.05) is 60.3 Å². The van der Waals surface area contributed by atoms with E-state index < -0.39 is 10.2 Å². The maximum Gasteiger partial charge on any atom is 0.282 e. The lowest BCUT2D eigenvalue weighted by Crippen LogP contribution is -2.49. The Morgan fingerprint density at radius 3 is 2.58 bits per heavy atom. The highest BCUT2D eigenvalue weighted by Crippen LogP contribution is 2.34. The molecule has 33 heavy (non-hydrogen) atoms. The lowest BCUT2D eigenvalue weighted by molar-refractivity contribution is 0.297. The summed E-state index contributed by atoms with van der Waals surface area (Å²) in [6.07, 6.45) is 4.18. The van der Waals surface area contributed by atoms with Crippen LogP contribution in [0.1, 0.15) is 16.8 Å². The zero-order valence-corrected chi connectivity index (χ0v) is 19.9. The average Bonchev–Trinajstić information content (AvgIpc) is 3.13. The van der Waals surface area contributed by atoms with Gasteiger partial charge in [0.15, 0.2) is 5.69 Å². The number of aryl methyl sites for hydroxylation is 1. The molecule has 1 atom stereocenters. The van der Waals surface area contributed by atoms with Crippen molar-refractivity contribution in [3.8, 4) is 0 Å². The molecule has 8 nitrogen and oxygen atoms in total. The Balaban J connectivity index is 1.82. The maximum atomic E-state index is 13.4. The van der Waals surface area contributed by atoms with Crippen LogP contribution in [0.3, 0.4) is 0 Å². The van der Waals surface area contributed by atoms with Gasteiger partial charge in [0.2, 0.25) is 0 Å². The number of rotatable bonds is 6. The quantitative estimate of drug-likeness (QED) is 0.526. The molecular formula is C24H28N6O2S. The van der Waals surface area contributed by atoms with Gasteiger partial charge in [0.25, 0.3) is 10.2 Å². The molecule has 0 bridgehead atoms. The van der Waals surface area contributed by atoms with Crippen molar-refractivity contribution in [2.24, 2.45) is 7.05 Å². The van der Waals surface area contributed by atoms with Crippen LogP contribution >= 0.6 is 0 Å². The number of aromatic nitrogens is 2. The molecule has 2 heterocycles. The minimum Gasteiger partial charge on any atom is -0.364 e. The SMILES string of the molecule is [C-]#[N+]c1ccc2c(c1)CN(S(=O)(=O)N(C)C)[C@H](Cc1ccccc1)CN2Cc1cncn1C. The van der Waals surface area contributed by atoms with E-state index in [4.69, 9.17) is 6.57 Å². The summed E-state index contributed by atoms with van der Waals surface area (Å²) in [5, 5.41) is 0. The third-order valence-electron chi connectivity index (χ3n) is 6.04. The molecule has 2 aromatic carbocycles. The van der Waals surface area contributed by atoms with Crippen LogP contribution in [0.25, 0.3) is 4.85 Å². The van der Waals surface area contributed by atoms with E-state index >= 15 is 0 Å². The molecule has 0 fully saturated rings. The first-order valence-electron chi connectivity index (χ1n) is 10.7. The van der Waals surface area contributed by atoms with Gasteiger partial charge in [0.1, 0.15) is 0 Å². The molecule has 1 aliphatic rings. The Labute approximate surface area is 195 Å². The summed E-state index contributed by atoms with van der Waals surface area (Å²) in [5.41, 5.74) is 4.37. The Kier molecular flexibility index (Phi) is 6.51. The number of imidazole rings is 1. The largest absolute Gasteiger partial charge is 0.364 e. The minimum absolute atomic E-state index is 0.207. The first-order valence-corrected chi connectivity index (χ1v) is 12.1. The van der Waals surface area contributed by atoms with Crippen molar-refractivity contribution in [2.75, 3.05) is 25.5 Å². The number of fused-ring (bicyclic) bond motifs is 1. The molecule has 0 radical (unpaired) electrons. The molecule has 9 heteroatoms. The van der Waals surface area contributed by atoms with E-state index in [2.05, 4.69) is 14.7 Å². The van der Waals surface area contributed by atoms with E-state index in [1.54, 1.807) is 30.8 Å². The molecule has 0 spiro atoms. The van der Waals surface area contributed by atoms with Gasteiger partial charge < -0.3 is 9.47 Å². The van der Waals surface area contributed by atoms with Crippen molar-refractivity contribution in [1.82, 2.24) is 18.2 Å². The second kappa shape index (κ2) is 9.35. The van der Waals surface area contributed by atoms with Crippen molar-refractivity contribution in [3.05, 3.63) is 89.3 Å². The van der Waals surface area contributed by atoms with Crippen LogP contribution < -0.4 is 4.90 Å². The van der Waals surface area contributed by atoms with Gasteiger partial charge in [-0.25, -0.2) is 9.83 Å². The van der Waals surface area contributed by atoms with Crippen LogP contribution in [0.2, 0.25) is 0 Å². The summed E-state index contributed by atoms with van der Waals surface area (Å²) in [5.74, 6) is 0. The fourth-order valence-electron chi connectivity index (χ4n) is 4.23. The van der Waals surface area contributed by atoms with E-state index in [-0.39, 0.29) is 12.6 Å². The van der Waals surface area contributed by atoms with E-state index in [9.17, 15) is 8.42 Å². The Hall–Kier alpha value is -3.19. The van der Waals surface area contributed by atoms with Gasteiger partial charge in [-0.05, 0) is 29.7 Å². The molecule has 0 saturated carbocycles. The van der Waals surface area contributed by atoms with Crippen molar-refractivity contribution in [3.63, 3.8) is 0 Å². The standard InChI is InChI=1S/C24H28N6O2S/c1-25-21-10-11-24-20(13-21)15-30(33(31,32)27(2)3)22(12-19-8-6-5-7-9-19)16-29(24)17-23-14-26-18-28(23)4/h5-11,13-14,18,22H,12,15-17H2,2-4H3/t22-/m1/s1. The Morgan fingerprint density at radius 1 is 1.18 bits per heavy atom. The predicted octanol–water partition coefficient (Wildman–Crippen LogP) is 3.21. The molecular weight excluding hydrogens is 436 g/mol. The molecule has 1 aliphatic heterocycles. The predicted molar refractivity (Wildman–Crippen MR) is 129 cm³/mol. The fraction of sp³-hybridized carbons (Fsp3) is 0.333. The summed E-state index contributed by atoms with van der Waals surface area (Å²) in [7, 11) is 1.37. The van der Waals surface area contributed by atoms with Crippen LogP contribution in [0, 0.1) is 6.57 Å². The van der Waals surface area contributed by atoms with Crippen LogP contribution in [0.15, 0.2) is 61.1 Å². The van der Waals surface area contributed by atoms with Gasteiger partial charge in [0, 0.05) is 52.2 Å². The van der Waals surface area contributed by atoms with Gasteiger partial charge in [0.05, 0.1) is 25.1 Å². The number of anilines is 1. The smallest absolute Gasteiger partial charge is 0.282 e. The first kappa shape index (κ1) is 23.0. The molecule has 0 amide bonds. The summed E-state index contributed by atoms with van der Waals surface area (Å²) in [4.78, 5) is 10.0. The highest BCUT2D eigenvalue weighted by molar-refractivity contribution is 7.86. The van der Waals surface area contributed by atoms with Crippen LogP contribution in [-0.4, -0.2) is 53.3 Å². The highest BCUT2D eigenvalue weighted by atomic mass is 32.2. The Morgan fingerprint density at radius 2 is 1.94 bits per heavy atom. The molecule has 4 rings (SSSR count). The summed E-state index contributed by atoms with van der Waals surface area (Å²) < 4.78 is 31.7. The lowest BCUT2D eigenvalue weighted by atomic mass is 10.1. The third-order valence-corrected chi connectivity index (χ3v) is 7.98. The topological polar surface area (TPSA) is 66.0 Å². The van der Waals surface area contributed by atoms with Crippen molar-refractivity contribution >= 4 is 21.6 Å². The molecule has 0 saturated heterocycles. The van der Waals surface area contributed by atoms with Crippen LogP contribution in [0.4, 0.5) is 11.4 Å². The van der Waals surface area contributed by atoms with Crippen molar-refractivity contribution in [1.29, 1.82) is 0 Å². The third kappa shape index (κ3) is 4.78. The molecule has 0 aliphatic carbocycles. The van der Waals surface area contributed by atoms with E-state index in [0.29, 0.717) is 25.2 Å². The molecule has 0 N–H and O–H groups in total. The van der Waals surface area contributed by atoms with E-state index in [0.717, 1.165) is 22.5 Å². The number of nitrogens with zero attached hydrogens (tertiary/aromatic N) is 6. The monoisotopic (exact) mass is 464 g/mol. The Bertz CT molecular complexity index is 1260. The molecule has 172 valence electrons. The van der Waals surface area contributed by atoms with Gasteiger partial charge in [-0.2, -0.15) is 17.0 Å². The van der Waals surface area contributed by atoms with Crippen LogP contribution in [0.5, 0.6) is 0 Å². The van der Waals surface area contributed by atoms with Crippen molar-refractivity contribution in [2.45, 2.75) is 25.6 Å². The van der Waals surface area contributed by atoms with Gasteiger partial charge in [-0.3, -0.25) is 0 Å². The molecule has 1 aromatic heterocycles. The zero-order chi connectivity index (χ0) is 23.6. The van der Waals surface area contributed by atoms with Crippen molar-refractivity contribution < 1.29 is 8.42 Å². The summed E-state index contributed by atoms with van der Waals surface area (Å²) in [6, 6.07) is 15.2. The second-order valence-corrected chi connectivity index (χ2v) is 10.6. The minimum atomic E-state index is -3.70. The number of benzene rings is 2. The summed E-state index contributed by atoms with van der Waals surface area (Å²) in [6.45, 7) is 8.75. The zero-order valence-electron chi connectivity index (χ0n) is 19.1. The molecule has 0 unspecified atom stereocenters. The molecule has 3 aromatic rings. The summed E-state index contributed by atoms with van der Waals surface area (Å²) >= 11 is 0. The van der Waals surface area contributed by atoms with Gasteiger partial charge in [-0.1, -0.05) is 36.4 Å². The fourth-order valence-corrected chi connectivity index (χ4v) is 5.47. The normalized spacial score (nSPS) is 16.9. The second-order valence-electron chi connectivity index (χ2n) is 8.48. The number of hydrogen-bond acceptors (Lipinski definition) is 4. The highest BCUT2D eigenvalue weighted by Gasteiger charge is 2.36. The van der Waals surface area contributed by atoms with E-state index in [1.165, 1.54) is 4.31 Å². The van der Waals surface area contributed by atoms with Gasteiger partial charge in [-0.15, -0.1) is 0 Å². The average molecular weight is 465 g/mol. The van der Waals surface area contributed by atoms with Gasteiger partial charge >= 0.3 is 0 Å². The van der Waals surface area contributed by atoms with Crippen LogP contribution in [-0.2, 0) is 36.8 Å². The lowest BCUT2D eigenvalue weighted by Gasteiger charge is -2.33.